The molecule has 0 saturated carbocycles. The first-order chi connectivity index (χ1) is 21.6. The van der Waals surface area contributed by atoms with Crippen molar-refractivity contribution >= 4 is 17.6 Å². The predicted molar refractivity (Wildman–Crippen MR) is 173 cm³/mol. The summed E-state index contributed by atoms with van der Waals surface area (Å²) in [4.78, 5) is 28.4. The summed E-state index contributed by atoms with van der Waals surface area (Å²) in [5.74, 6) is 1.05. The number of carbonyl (C=O) groups excluding carboxylic acids is 2. The summed E-state index contributed by atoms with van der Waals surface area (Å²) in [6.45, 7) is 5.94. The minimum atomic E-state index is -0.377. The van der Waals surface area contributed by atoms with Gasteiger partial charge in [-0.05, 0) is 86.6 Å². The molecule has 1 fully saturated rings. The minimum absolute atomic E-state index is 0.0563. The zero-order valence-corrected chi connectivity index (χ0v) is 26.1. The molecule has 8 heteroatoms. The highest BCUT2D eigenvalue weighted by atomic mass is 16.5. The van der Waals surface area contributed by atoms with Crippen LogP contribution in [0.1, 0.15) is 54.4 Å². The molecule has 1 atom stereocenters. The number of anilines is 1. The molecule has 0 aliphatic carbocycles. The van der Waals surface area contributed by atoms with E-state index in [0.29, 0.717) is 24.3 Å². The van der Waals surface area contributed by atoms with E-state index in [2.05, 4.69) is 46.2 Å². The summed E-state index contributed by atoms with van der Waals surface area (Å²) in [6, 6.07) is 25.9. The van der Waals surface area contributed by atoms with Gasteiger partial charge in [0.1, 0.15) is 11.5 Å². The van der Waals surface area contributed by atoms with Crippen molar-refractivity contribution in [3.63, 3.8) is 0 Å². The van der Waals surface area contributed by atoms with E-state index in [0.717, 1.165) is 82.6 Å². The van der Waals surface area contributed by atoms with Gasteiger partial charge in [0.25, 0.3) is 0 Å². The Bertz CT molecular complexity index is 1280. The first-order valence-electron chi connectivity index (χ1n) is 15.7. The number of para-hydroxylation sites is 2. The van der Waals surface area contributed by atoms with Gasteiger partial charge in [-0.1, -0.05) is 36.4 Å². The number of carbonyl (C=O) groups is 2. The number of benzene rings is 3. The molecule has 0 aromatic heterocycles. The van der Waals surface area contributed by atoms with Crippen LogP contribution >= 0.6 is 0 Å². The van der Waals surface area contributed by atoms with Crippen molar-refractivity contribution < 1.29 is 28.5 Å². The van der Waals surface area contributed by atoms with Crippen molar-refractivity contribution in [2.45, 2.75) is 51.0 Å². The second-order valence-electron chi connectivity index (χ2n) is 11.1. The van der Waals surface area contributed by atoms with Crippen LogP contribution in [0, 0.1) is 0 Å². The number of ether oxygens (including phenoxy) is 4. The van der Waals surface area contributed by atoms with Gasteiger partial charge in [-0.25, -0.2) is 4.79 Å². The summed E-state index contributed by atoms with van der Waals surface area (Å²) in [5, 5.41) is 0. The number of nitrogens with zero attached hydrogens (tertiary/aromatic N) is 2. The number of hydrogen-bond acceptors (Lipinski definition) is 8. The van der Waals surface area contributed by atoms with Gasteiger partial charge < -0.3 is 23.8 Å². The highest BCUT2D eigenvalue weighted by Gasteiger charge is 2.17. The number of unbranched alkanes of at least 4 members (excludes halogenated alkanes) is 1. The van der Waals surface area contributed by atoms with Gasteiger partial charge in [0, 0.05) is 44.8 Å². The van der Waals surface area contributed by atoms with E-state index in [4.69, 9.17) is 18.9 Å². The number of piperazine rings is 1. The van der Waals surface area contributed by atoms with Crippen molar-refractivity contribution in [3.8, 4) is 11.5 Å². The molecular weight excluding hydrogens is 556 g/mol. The normalized spacial score (nSPS) is 14.1. The van der Waals surface area contributed by atoms with Gasteiger partial charge >= 0.3 is 11.9 Å². The zero-order valence-electron chi connectivity index (χ0n) is 26.1. The molecule has 44 heavy (non-hydrogen) atoms. The van der Waals surface area contributed by atoms with Gasteiger partial charge in [0.05, 0.1) is 32.5 Å². The van der Waals surface area contributed by atoms with Crippen LogP contribution in [-0.4, -0.2) is 76.5 Å². The lowest BCUT2D eigenvalue weighted by atomic mass is 10.0. The SMILES string of the molecule is COC(=O)CCCCC(CCc1ccccc1OCCCN1CCN(c2ccccc2)CC1)Oc1ccc(C(=O)OC)cc1. The van der Waals surface area contributed by atoms with Crippen LogP contribution in [0.2, 0.25) is 0 Å². The third kappa shape index (κ3) is 10.6. The second kappa shape index (κ2) is 17.9. The molecule has 1 saturated heterocycles. The maximum absolute atomic E-state index is 11.8. The van der Waals surface area contributed by atoms with E-state index in [1.807, 2.05) is 18.2 Å². The Kier molecular flexibility index (Phi) is 13.4. The van der Waals surface area contributed by atoms with Gasteiger partial charge in [-0.3, -0.25) is 9.69 Å². The summed E-state index contributed by atoms with van der Waals surface area (Å²) >= 11 is 0. The summed E-state index contributed by atoms with van der Waals surface area (Å²) in [6.07, 6.45) is 5.31. The van der Waals surface area contributed by atoms with Crippen molar-refractivity contribution in [3.05, 3.63) is 90.0 Å². The second-order valence-corrected chi connectivity index (χ2v) is 11.1. The molecule has 3 aromatic rings. The lowest BCUT2D eigenvalue weighted by Gasteiger charge is -2.36. The number of hydrogen-bond donors (Lipinski definition) is 0. The molecule has 0 spiro atoms. The van der Waals surface area contributed by atoms with E-state index in [1.54, 1.807) is 24.3 Å². The first kappa shape index (κ1) is 32.9. The number of aryl methyl sites for hydroxylation is 1. The Hall–Kier alpha value is -4.04. The summed E-state index contributed by atoms with van der Waals surface area (Å²) in [7, 11) is 2.78. The highest BCUT2D eigenvalue weighted by Crippen LogP contribution is 2.24. The van der Waals surface area contributed by atoms with Crippen LogP contribution in [0.4, 0.5) is 5.69 Å². The van der Waals surface area contributed by atoms with Gasteiger partial charge in [-0.2, -0.15) is 0 Å². The third-order valence-corrected chi connectivity index (χ3v) is 8.04. The molecule has 1 aliphatic rings. The van der Waals surface area contributed by atoms with E-state index in [-0.39, 0.29) is 18.0 Å². The van der Waals surface area contributed by atoms with E-state index in [9.17, 15) is 9.59 Å². The number of rotatable bonds is 17. The smallest absolute Gasteiger partial charge is 0.337 e. The number of methoxy groups -OCH3 is 2. The topological polar surface area (TPSA) is 77.5 Å². The van der Waals surface area contributed by atoms with Gasteiger partial charge in [0.2, 0.25) is 0 Å². The largest absolute Gasteiger partial charge is 0.493 e. The molecule has 4 rings (SSSR count). The lowest BCUT2D eigenvalue weighted by molar-refractivity contribution is -0.140. The molecule has 1 aliphatic heterocycles. The quantitative estimate of drug-likeness (QED) is 0.134. The molecule has 236 valence electrons. The van der Waals surface area contributed by atoms with E-state index in [1.165, 1.54) is 19.9 Å². The lowest BCUT2D eigenvalue weighted by Crippen LogP contribution is -2.46. The molecule has 0 amide bonds. The molecule has 0 radical (unpaired) electrons. The molecule has 8 nitrogen and oxygen atoms in total. The molecule has 0 bridgehead atoms. The monoisotopic (exact) mass is 602 g/mol. The Balaban J connectivity index is 1.25. The van der Waals surface area contributed by atoms with Crippen molar-refractivity contribution in [1.29, 1.82) is 0 Å². The third-order valence-electron chi connectivity index (χ3n) is 8.04. The Morgan fingerprint density at radius 2 is 1.50 bits per heavy atom. The molecule has 3 aromatic carbocycles. The van der Waals surface area contributed by atoms with Crippen molar-refractivity contribution in [2.24, 2.45) is 0 Å². The van der Waals surface area contributed by atoms with E-state index >= 15 is 0 Å². The van der Waals surface area contributed by atoms with Crippen molar-refractivity contribution in [2.75, 3.05) is 58.5 Å². The maximum Gasteiger partial charge on any atom is 0.337 e. The zero-order chi connectivity index (χ0) is 31.0. The fourth-order valence-corrected chi connectivity index (χ4v) is 5.49. The minimum Gasteiger partial charge on any atom is -0.493 e. The van der Waals surface area contributed by atoms with Crippen LogP contribution < -0.4 is 14.4 Å². The van der Waals surface area contributed by atoms with Crippen LogP contribution in [-0.2, 0) is 20.7 Å². The van der Waals surface area contributed by atoms with E-state index < -0.39 is 0 Å². The molecule has 1 heterocycles. The molecule has 1 unspecified atom stereocenters. The molecule has 0 N–H and O–H groups in total. The Morgan fingerprint density at radius 1 is 0.773 bits per heavy atom. The average molecular weight is 603 g/mol. The van der Waals surface area contributed by atoms with Crippen LogP contribution in [0.3, 0.4) is 0 Å². The summed E-state index contributed by atoms with van der Waals surface area (Å²) < 4.78 is 22.2. The van der Waals surface area contributed by atoms with Crippen molar-refractivity contribution in [1.82, 2.24) is 4.90 Å². The highest BCUT2D eigenvalue weighted by molar-refractivity contribution is 5.89. The fraction of sp³-hybridized carbons (Fsp3) is 0.444. The van der Waals surface area contributed by atoms with Crippen LogP contribution in [0.5, 0.6) is 11.5 Å². The van der Waals surface area contributed by atoms with Gasteiger partial charge in [0.15, 0.2) is 0 Å². The predicted octanol–water partition coefficient (Wildman–Crippen LogP) is 6.18. The molecular formula is C36H46N2O6. The fourth-order valence-electron chi connectivity index (χ4n) is 5.49. The van der Waals surface area contributed by atoms with Gasteiger partial charge in [-0.15, -0.1) is 0 Å². The Labute approximate surface area is 261 Å². The van der Waals surface area contributed by atoms with Crippen LogP contribution in [0.25, 0.3) is 0 Å². The summed E-state index contributed by atoms with van der Waals surface area (Å²) in [5.41, 5.74) is 2.94. The Morgan fingerprint density at radius 3 is 2.23 bits per heavy atom. The maximum atomic E-state index is 11.8. The average Bonchev–Trinajstić information content (AvgIpc) is 3.08. The number of esters is 2. The first-order valence-corrected chi connectivity index (χ1v) is 15.7. The standard InChI is InChI=1S/C36H46N2O6/c1-41-35(39)16-9-7-14-32(44-33-21-18-30(19-22-33)36(40)42-2)20-17-29-11-6-8-15-34(29)43-28-10-23-37-24-26-38(27-25-37)31-12-4-3-5-13-31/h3-6,8,11-13,15,18-19,21-22,32H,7,9-10,14,16-17,20,23-28H2,1-2H3. The van der Waals surface area contributed by atoms with Crippen LogP contribution in [0.15, 0.2) is 78.9 Å².